The molecule has 3 heteroatoms. The molecular formula is C10H19FO2. The fourth-order valence-electron chi connectivity index (χ4n) is 1.65. The van der Waals surface area contributed by atoms with Gasteiger partial charge in [-0.1, -0.05) is 13.3 Å². The van der Waals surface area contributed by atoms with Gasteiger partial charge in [-0.2, -0.15) is 0 Å². The van der Waals surface area contributed by atoms with Crippen LogP contribution >= 0.6 is 0 Å². The molecule has 0 aromatic heterocycles. The van der Waals surface area contributed by atoms with Crippen molar-refractivity contribution >= 4 is 0 Å². The van der Waals surface area contributed by atoms with Gasteiger partial charge in [0.1, 0.15) is 12.3 Å². The van der Waals surface area contributed by atoms with Crippen LogP contribution in [0.3, 0.4) is 0 Å². The lowest BCUT2D eigenvalue weighted by Gasteiger charge is -2.30. The maximum Gasteiger partial charge on any atom is 0.128 e. The summed E-state index contributed by atoms with van der Waals surface area (Å²) in [5.74, 6) is 0. The van der Waals surface area contributed by atoms with Crippen molar-refractivity contribution < 1.29 is 14.2 Å². The van der Waals surface area contributed by atoms with E-state index in [1.165, 1.54) is 0 Å². The number of ether oxygens (including phenoxy) is 1. The Labute approximate surface area is 79.1 Å². The Hall–Kier alpha value is -0.150. The predicted octanol–water partition coefficient (Wildman–Crippen LogP) is 2.05. The SMILES string of the molecule is CCCCO[C@H]1CCC[C@@H](F)[C@@H]1O. The van der Waals surface area contributed by atoms with E-state index < -0.39 is 12.3 Å². The minimum absolute atomic E-state index is 0.268. The zero-order valence-electron chi connectivity index (χ0n) is 8.21. The van der Waals surface area contributed by atoms with Crippen LogP contribution in [0.4, 0.5) is 4.39 Å². The van der Waals surface area contributed by atoms with Crippen molar-refractivity contribution in [1.82, 2.24) is 0 Å². The molecule has 0 spiro atoms. The molecule has 1 rings (SSSR count). The van der Waals surface area contributed by atoms with E-state index >= 15 is 0 Å². The molecule has 0 aromatic rings. The minimum Gasteiger partial charge on any atom is -0.387 e. The Morgan fingerprint density at radius 3 is 2.92 bits per heavy atom. The third-order valence-electron chi connectivity index (χ3n) is 2.55. The van der Waals surface area contributed by atoms with Gasteiger partial charge in [-0.25, -0.2) is 4.39 Å². The highest BCUT2D eigenvalue weighted by atomic mass is 19.1. The van der Waals surface area contributed by atoms with Crippen molar-refractivity contribution in [2.45, 2.75) is 57.4 Å². The molecule has 0 saturated heterocycles. The standard InChI is InChI=1S/C10H19FO2/c1-2-3-7-13-9-6-4-5-8(11)10(9)12/h8-10,12H,2-7H2,1H3/t8-,9+,10+/m1/s1. The first-order chi connectivity index (χ1) is 6.25. The lowest BCUT2D eigenvalue weighted by Crippen LogP contribution is -2.40. The normalized spacial score (nSPS) is 34.8. The summed E-state index contributed by atoms with van der Waals surface area (Å²) in [5.41, 5.74) is 0. The molecule has 1 saturated carbocycles. The van der Waals surface area contributed by atoms with Gasteiger partial charge in [-0.15, -0.1) is 0 Å². The monoisotopic (exact) mass is 190 g/mol. The minimum atomic E-state index is -1.08. The first kappa shape index (κ1) is 10.9. The summed E-state index contributed by atoms with van der Waals surface area (Å²) in [7, 11) is 0. The zero-order chi connectivity index (χ0) is 9.68. The zero-order valence-corrected chi connectivity index (χ0v) is 8.21. The fourth-order valence-corrected chi connectivity index (χ4v) is 1.65. The molecule has 0 bridgehead atoms. The summed E-state index contributed by atoms with van der Waals surface area (Å²) in [6.45, 7) is 2.73. The summed E-state index contributed by atoms with van der Waals surface area (Å²) >= 11 is 0. The van der Waals surface area contributed by atoms with Crippen LogP contribution < -0.4 is 0 Å². The first-order valence-corrected chi connectivity index (χ1v) is 5.19. The van der Waals surface area contributed by atoms with Crippen molar-refractivity contribution in [3.8, 4) is 0 Å². The Morgan fingerprint density at radius 1 is 1.46 bits per heavy atom. The highest BCUT2D eigenvalue weighted by molar-refractivity contribution is 4.82. The van der Waals surface area contributed by atoms with Gasteiger partial charge in [0, 0.05) is 6.61 Å². The average molecular weight is 190 g/mol. The molecular weight excluding hydrogens is 171 g/mol. The van der Waals surface area contributed by atoms with Crippen LogP contribution in [-0.4, -0.2) is 30.1 Å². The second-order valence-corrected chi connectivity index (χ2v) is 3.70. The van der Waals surface area contributed by atoms with Gasteiger partial charge >= 0.3 is 0 Å². The number of aliphatic hydroxyl groups is 1. The van der Waals surface area contributed by atoms with Crippen molar-refractivity contribution in [3.63, 3.8) is 0 Å². The maximum absolute atomic E-state index is 13.0. The number of hydrogen-bond donors (Lipinski definition) is 1. The van der Waals surface area contributed by atoms with Gasteiger partial charge in [-0.05, 0) is 25.7 Å². The second-order valence-electron chi connectivity index (χ2n) is 3.70. The number of unbranched alkanes of at least 4 members (excludes halogenated alkanes) is 1. The Bertz CT molecular complexity index is 141. The summed E-state index contributed by atoms with van der Waals surface area (Å²) < 4.78 is 18.4. The number of aliphatic hydroxyl groups excluding tert-OH is 1. The second kappa shape index (κ2) is 5.55. The van der Waals surface area contributed by atoms with Gasteiger partial charge in [0.15, 0.2) is 0 Å². The number of hydrogen-bond acceptors (Lipinski definition) is 2. The topological polar surface area (TPSA) is 29.5 Å². The predicted molar refractivity (Wildman–Crippen MR) is 49.4 cm³/mol. The summed E-state index contributed by atoms with van der Waals surface area (Å²) in [5, 5.41) is 9.44. The van der Waals surface area contributed by atoms with E-state index in [2.05, 4.69) is 6.92 Å². The Morgan fingerprint density at radius 2 is 2.23 bits per heavy atom. The van der Waals surface area contributed by atoms with Gasteiger partial charge < -0.3 is 9.84 Å². The molecule has 0 heterocycles. The van der Waals surface area contributed by atoms with Crippen LogP contribution in [0.2, 0.25) is 0 Å². The molecule has 1 aliphatic carbocycles. The van der Waals surface area contributed by atoms with Crippen LogP contribution in [0, 0.1) is 0 Å². The van der Waals surface area contributed by atoms with E-state index in [9.17, 15) is 9.50 Å². The Kier molecular flexibility index (Phi) is 4.67. The van der Waals surface area contributed by atoms with Crippen LogP contribution in [0.5, 0.6) is 0 Å². The third kappa shape index (κ3) is 3.24. The molecule has 0 aromatic carbocycles. The van der Waals surface area contributed by atoms with Crippen LogP contribution in [0.25, 0.3) is 0 Å². The lowest BCUT2D eigenvalue weighted by molar-refractivity contribution is -0.0915. The smallest absolute Gasteiger partial charge is 0.128 e. The molecule has 0 radical (unpaired) electrons. The lowest BCUT2D eigenvalue weighted by atomic mass is 9.93. The molecule has 3 atom stereocenters. The van der Waals surface area contributed by atoms with Crippen molar-refractivity contribution in [2.24, 2.45) is 0 Å². The Balaban J connectivity index is 2.23. The van der Waals surface area contributed by atoms with Gasteiger partial charge in [0.25, 0.3) is 0 Å². The van der Waals surface area contributed by atoms with E-state index in [0.29, 0.717) is 13.0 Å². The van der Waals surface area contributed by atoms with E-state index in [1.54, 1.807) is 0 Å². The highest BCUT2D eigenvalue weighted by Gasteiger charge is 2.32. The maximum atomic E-state index is 13.0. The van der Waals surface area contributed by atoms with Crippen LogP contribution in [-0.2, 0) is 4.74 Å². The van der Waals surface area contributed by atoms with Crippen LogP contribution in [0.1, 0.15) is 39.0 Å². The number of alkyl halides is 1. The molecule has 1 fully saturated rings. The summed E-state index contributed by atoms with van der Waals surface area (Å²) in [6.07, 6.45) is 1.92. The quantitative estimate of drug-likeness (QED) is 0.687. The molecule has 13 heavy (non-hydrogen) atoms. The number of halogens is 1. The van der Waals surface area contributed by atoms with Crippen molar-refractivity contribution in [1.29, 1.82) is 0 Å². The highest BCUT2D eigenvalue weighted by Crippen LogP contribution is 2.24. The third-order valence-corrected chi connectivity index (χ3v) is 2.55. The number of rotatable bonds is 4. The molecule has 0 aliphatic heterocycles. The largest absolute Gasteiger partial charge is 0.387 e. The van der Waals surface area contributed by atoms with E-state index in [1.807, 2.05) is 0 Å². The van der Waals surface area contributed by atoms with Gasteiger partial charge in [0.05, 0.1) is 6.10 Å². The fraction of sp³-hybridized carbons (Fsp3) is 1.00. The summed E-state index contributed by atoms with van der Waals surface area (Å²) in [6, 6.07) is 0. The molecule has 78 valence electrons. The van der Waals surface area contributed by atoms with Gasteiger partial charge in [-0.3, -0.25) is 0 Å². The van der Waals surface area contributed by atoms with Crippen LogP contribution in [0.15, 0.2) is 0 Å². The molecule has 1 aliphatic rings. The summed E-state index contributed by atoms with van der Waals surface area (Å²) in [4.78, 5) is 0. The first-order valence-electron chi connectivity index (χ1n) is 5.19. The van der Waals surface area contributed by atoms with E-state index in [0.717, 1.165) is 25.7 Å². The molecule has 0 amide bonds. The molecule has 2 nitrogen and oxygen atoms in total. The van der Waals surface area contributed by atoms with E-state index in [-0.39, 0.29) is 6.10 Å². The average Bonchev–Trinajstić information content (AvgIpc) is 2.13. The molecule has 1 N–H and O–H groups in total. The molecule has 0 unspecified atom stereocenters. The van der Waals surface area contributed by atoms with E-state index in [4.69, 9.17) is 4.74 Å². The van der Waals surface area contributed by atoms with Gasteiger partial charge in [0.2, 0.25) is 0 Å². The van der Waals surface area contributed by atoms with Crippen molar-refractivity contribution in [2.75, 3.05) is 6.61 Å². The van der Waals surface area contributed by atoms with Crippen molar-refractivity contribution in [3.05, 3.63) is 0 Å².